The van der Waals surface area contributed by atoms with Gasteiger partial charge in [-0.15, -0.1) is 0 Å². The van der Waals surface area contributed by atoms with E-state index < -0.39 is 35.3 Å². The van der Waals surface area contributed by atoms with Crippen LogP contribution in [0, 0.1) is 5.92 Å². The number of ether oxygens (including phenoxy) is 1. The Labute approximate surface area is 147 Å². The van der Waals surface area contributed by atoms with Crippen LogP contribution in [0.5, 0.6) is 0 Å². The van der Waals surface area contributed by atoms with Crippen molar-refractivity contribution in [1.82, 2.24) is 10.6 Å². The SMILES string of the molecule is C=C/C=C(\NC(CF)NCC1CCOC(C)(C)C1)OS(=O)C(F)(F)F. The number of alkyl halides is 4. The summed E-state index contributed by atoms with van der Waals surface area (Å²) in [5.74, 6) is -0.232. The smallest absolute Gasteiger partial charge is 0.376 e. The summed E-state index contributed by atoms with van der Waals surface area (Å²) in [5, 5.41) is 5.33. The summed E-state index contributed by atoms with van der Waals surface area (Å²) >= 11 is -3.55. The van der Waals surface area contributed by atoms with Crippen LogP contribution in [0.3, 0.4) is 0 Å². The van der Waals surface area contributed by atoms with E-state index in [9.17, 15) is 21.8 Å². The first kappa shape index (κ1) is 21.9. The standard InChI is InChI=1S/C15H24F4N2O3S/c1-4-5-13(24-25(22)15(17,18)19)21-12(9-16)20-10-11-6-7-23-14(2,3)8-11/h4-5,11-12,20-21H,1,6-10H2,2-3H3/b13-5+. The van der Waals surface area contributed by atoms with Crippen molar-refractivity contribution in [3.05, 3.63) is 24.6 Å². The van der Waals surface area contributed by atoms with E-state index in [-0.39, 0.29) is 11.5 Å². The molecule has 2 N–H and O–H groups in total. The number of allylic oxidation sites excluding steroid dienone is 2. The van der Waals surface area contributed by atoms with Gasteiger partial charge in [0, 0.05) is 13.2 Å². The predicted octanol–water partition coefficient (Wildman–Crippen LogP) is 2.89. The molecule has 0 aromatic carbocycles. The van der Waals surface area contributed by atoms with Crippen LogP contribution >= 0.6 is 0 Å². The molecule has 3 atom stereocenters. The van der Waals surface area contributed by atoms with Gasteiger partial charge in [-0.05, 0) is 38.7 Å². The highest BCUT2D eigenvalue weighted by atomic mass is 32.2. The van der Waals surface area contributed by atoms with Gasteiger partial charge in [-0.2, -0.15) is 13.2 Å². The van der Waals surface area contributed by atoms with E-state index in [1.807, 2.05) is 13.8 Å². The monoisotopic (exact) mass is 388 g/mol. The zero-order chi connectivity index (χ0) is 19.1. The van der Waals surface area contributed by atoms with Crippen LogP contribution in [-0.4, -0.2) is 41.3 Å². The van der Waals surface area contributed by atoms with Gasteiger partial charge in [0.1, 0.15) is 12.8 Å². The molecule has 1 fully saturated rings. The summed E-state index contributed by atoms with van der Waals surface area (Å²) in [7, 11) is 0. The molecule has 1 aliphatic rings. The second-order valence-electron chi connectivity index (χ2n) is 6.26. The fraction of sp³-hybridized carbons (Fsp3) is 0.733. The number of hydrogen-bond acceptors (Lipinski definition) is 5. The quantitative estimate of drug-likeness (QED) is 0.275. The molecule has 0 spiro atoms. The molecule has 0 bridgehead atoms. The van der Waals surface area contributed by atoms with Crippen LogP contribution in [0.15, 0.2) is 24.6 Å². The van der Waals surface area contributed by atoms with Gasteiger partial charge in [-0.1, -0.05) is 12.7 Å². The van der Waals surface area contributed by atoms with E-state index in [1.54, 1.807) is 0 Å². The molecule has 146 valence electrons. The first-order valence-corrected chi connectivity index (χ1v) is 8.84. The zero-order valence-electron chi connectivity index (χ0n) is 14.2. The van der Waals surface area contributed by atoms with Crippen LogP contribution in [0.4, 0.5) is 17.6 Å². The van der Waals surface area contributed by atoms with Crippen molar-refractivity contribution < 1.29 is 30.7 Å². The number of halogens is 4. The van der Waals surface area contributed by atoms with E-state index in [0.717, 1.165) is 25.0 Å². The molecule has 10 heteroatoms. The van der Waals surface area contributed by atoms with E-state index in [2.05, 4.69) is 21.4 Å². The minimum absolute atomic E-state index is 0.247. The first-order chi connectivity index (χ1) is 11.6. The van der Waals surface area contributed by atoms with Crippen molar-refractivity contribution in [2.75, 3.05) is 19.8 Å². The molecular weight excluding hydrogens is 364 g/mol. The summed E-state index contributed by atoms with van der Waals surface area (Å²) in [6.07, 6.45) is 2.79. The number of hydrogen-bond donors (Lipinski definition) is 2. The minimum atomic E-state index is -5.03. The molecular formula is C15H24F4N2O3S. The molecule has 0 radical (unpaired) electrons. The van der Waals surface area contributed by atoms with Gasteiger partial charge in [0.15, 0.2) is 0 Å². The second kappa shape index (κ2) is 9.54. The van der Waals surface area contributed by atoms with Gasteiger partial charge in [-0.3, -0.25) is 5.32 Å². The Hall–Kier alpha value is -1.13. The highest BCUT2D eigenvalue weighted by Crippen LogP contribution is 2.28. The zero-order valence-corrected chi connectivity index (χ0v) is 15.0. The van der Waals surface area contributed by atoms with E-state index in [1.165, 1.54) is 0 Å². The summed E-state index contributed by atoms with van der Waals surface area (Å²) < 4.78 is 71.1. The van der Waals surface area contributed by atoms with E-state index >= 15 is 0 Å². The van der Waals surface area contributed by atoms with E-state index in [4.69, 9.17) is 4.74 Å². The lowest BCUT2D eigenvalue weighted by Crippen LogP contribution is -2.47. The van der Waals surface area contributed by atoms with Gasteiger partial charge in [0.05, 0.1) is 5.60 Å². The molecule has 0 saturated carbocycles. The Morgan fingerprint density at radius 3 is 2.72 bits per heavy atom. The van der Waals surface area contributed by atoms with Gasteiger partial charge in [0.2, 0.25) is 5.88 Å². The Balaban J connectivity index is 2.58. The molecule has 0 aromatic heterocycles. The van der Waals surface area contributed by atoms with Crippen LogP contribution in [0.25, 0.3) is 0 Å². The number of nitrogens with one attached hydrogen (secondary N) is 2. The summed E-state index contributed by atoms with van der Waals surface area (Å²) in [6, 6.07) is 0. The molecule has 1 heterocycles. The fourth-order valence-corrected chi connectivity index (χ4v) is 2.85. The van der Waals surface area contributed by atoms with Gasteiger partial charge in [-0.25, -0.2) is 8.60 Å². The molecule has 1 saturated heterocycles. The molecule has 0 amide bonds. The number of rotatable bonds is 9. The molecule has 5 nitrogen and oxygen atoms in total. The molecule has 1 rings (SSSR count). The summed E-state index contributed by atoms with van der Waals surface area (Å²) in [4.78, 5) is 0. The van der Waals surface area contributed by atoms with Crippen molar-refractivity contribution in [3.8, 4) is 0 Å². The van der Waals surface area contributed by atoms with Crippen LogP contribution in [0.1, 0.15) is 26.7 Å². The summed E-state index contributed by atoms with van der Waals surface area (Å²) in [5.41, 5.74) is -5.29. The Bertz CT molecular complexity index is 498. The Morgan fingerprint density at radius 2 is 2.20 bits per heavy atom. The van der Waals surface area contributed by atoms with Gasteiger partial charge >= 0.3 is 16.6 Å². The van der Waals surface area contributed by atoms with E-state index in [0.29, 0.717) is 13.2 Å². The van der Waals surface area contributed by atoms with Crippen molar-refractivity contribution in [1.29, 1.82) is 0 Å². The maximum Gasteiger partial charge on any atom is 0.508 e. The lowest BCUT2D eigenvalue weighted by Gasteiger charge is -2.36. The molecule has 0 aliphatic carbocycles. The van der Waals surface area contributed by atoms with Crippen LogP contribution in [-0.2, 0) is 20.0 Å². The highest BCUT2D eigenvalue weighted by molar-refractivity contribution is 7.81. The summed E-state index contributed by atoms with van der Waals surface area (Å²) in [6.45, 7) is 7.43. The largest absolute Gasteiger partial charge is 0.508 e. The minimum Gasteiger partial charge on any atom is -0.376 e. The molecule has 1 aliphatic heterocycles. The van der Waals surface area contributed by atoms with Gasteiger partial charge < -0.3 is 14.2 Å². The average Bonchev–Trinajstić information content (AvgIpc) is 2.49. The first-order valence-electron chi connectivity index (χ1n) is 7.77. The average molecular weight is 388 g/mol. The van der Waals surface area contributed by atoms with Crippen LogP contribution in [0.2, 0.25) is 0 Å². The van der Waals surface area contributed by atoms with Crippen molar-refractivity contribution >= 4 is 11.1 Å². The lowest BCUT2D eigenvalue weighted by atomic mass is 9.88. The normalized spacial score (nSPS) is 23.6. The topological polar surface area (TPSA) is 59.6 Å². The molecule has 3 unspecified atom stereocenters. The van der Waals surface area contributed by atoms with Crippen LogP contribution < -0.4 is 10.6 Å². The highest BCUT2D eigenvalue weighted by Gasteiger charge is 2.40. The lowest BCUT2D eigenvalue weighted by molar-refractivity contribution is -0.0723. The predicted molar refractivity (Wildman–Crippen MR) is 87.2 cm³/mol. The molecule has 0 aromatic rings. The fourth-order valence-electron chi connectivity index (χ4n) is 2.49. The van der Waals surface area contributed by atoms with Crippen molar-refractivity contribution in [3.63, 3.8) is 0 Å². The van der Waals surface area contributed by atoms with Gasteiger partial charge in [0.25, 0.3) is 0 Å². The Kier molecular flexibility index (Phi) is 8.36. The third kappa shape index (κ3) is 8.19. The maximum absolute atomic E-state index is 13.2. The van der Waals surface area contributed by atoms with Crippen molar-refractivity contribution in [2.24, 2.45) is 5.92 Å². The maximum atomic E-state index is 13.2. The Morgan fingerprint density at radius 1 is 1.52 bits per heavy atom. The third-order valence-electron chi connectivity index (χ3n) is 3.55. The molecule has 25 heavy (non-hydrogen) atoms. The third-order valence-corrected chi connectivity index (χ3v) is 4.26. The second-order valence-corrected chi connectivity index (χ2v) is 7.36. The van der Waals surface area contributed by atoms with Crippen molar-refractivity contribution in [2.45, 2.75) is 44.0 Å².